The summed E-state index contributed by atoms with van der Waals surface area (Å²) >= 11 is 0. The van der Waals surface area contributed by atoms with Crippen molar-refractivity contribution in [2.75, 3.05) is 19.1 Å². The van der Waals surface area contributed by atoms with Gasteiger partial charge in [0.05, 0.1) is 37.7 Å². The Morgan fingerprint density at radius 1 is 1.08 bits per heavy atom. The van der Waals surface area contributed by atoms with Gasteiger partial charge in [0.15, 0.2) is 0 Å². The van der Waals surface area contributed by atoms with Crippen molar-refractivity contribution in [3.05, 3.63) is 65.2 Å². The summed E-state index contributed by atoms with van der Waals surface area (Å²) in [6.07, 6.45) is 1.56. The second-order valence-electron chi connectivity index (χ2n) is 5.03. The first kappa shape index (κ1) is 20.8. The molecular formula is C17H20Cl2N4O2. The van der Waals surface area contributed by atoms with Gasteiger partial charge in [0.1, 0.15) is 5.75 Å². The third-order valence-electron chi connectivity index (χ3n) is 3.52. The Morgan fingerprint density at radius 2 is 1.80 bits per heavy atom. The van der Waals surface area contributed by atoms with E-state index in [-0.39, 0.29) is 30.4 Å². The Bertz CT molecular complexity index is 853. The summed E-state index contributed by atoms with van der Waals surface area (Å²) in [5.74, 6) is 0.817. The molecule has 0 saturated heterocycles. The number of nitrogens with zero attached hydrogens (tertiary/aromatic N) is 2. The lowest BCUT2D eigenvalue weighted by atomic mass is 10.2. The minimum atomic E-state index is -0.0486. The Morgan fingerprint density at radius 3 is 2.52 bits per heavy atom. The maximum atomic E-state index is 12.3. The van der Waals surface area contributed by atoms with Gasteiger partial charge in [-0.15, -0.1) is 24.8 Å². The van der Waals surface area contributed by atoms with Crippen LogP contribution >= 0.6 is 24.8 Å². The first-order valence-electron chi connectivity index (χ1n) is 7.31. The molecule has 0 aliphatic rings. The van der Waals surface area contributed by atoms with Crippen LogP contribution in [-0.4, -0.2) is 23.3 Å². The van der Waals surface area contributed by atoms with Crippen LogP contribution in [-0.2, 0) is 6.67 Å². The fourth-order valence-corrected chi connectivity index (χ4v) is 2.27. The molecule has 0 fully saturated rings. The van der Waals surface area contributed by atoms with Gasteiger partial charge in [-0.3, -0.25) is 14.7 Å². The van der Waals surface area contributed by atoms with Crippen LogP contribution in [0.1, 0.15) is 0 Å². The molecule has 3 aromatic rings. The van der Waals surface area contributed by atoms with Crippen molar-refractivity contribution in [2.24, 2.45) is 0 Å². The van der Waals surface area contributed by atoms with Crippen LogP contribution in [0, 0.1) is 0 Å². The quantitative estimate of drug-likeness (QED) is 0.506. The molecule has 2 N–H and O–H groups in total. The topological polar surface area (TPSA) is 68.2 Å². The highest BCUT2D eigenvalue weighted by Gasteiger charge is 2.02. The van der Waals surface area contributed by atoms with Crippen molar-refractivity contribution in [3.8, 4) is 5.75 Å². The summed E-state index contributed by atoms with van der Waals surface area (Å²) in [5, 5.41) is 7.01. The molecule has 0 aliphatic heterocycles. The normalized spacial score (nSPS) is 9.80. The van der Waals surface area contributed by atoms with Gasteiger partial charge in [-0.05, 0) is 36.4 Å². The van der Waals surface area contributed by atoms with Crippen molar-refractivity contribution >= 4 is 41.4 Å². The lowest BCUT2D eigenvalue weighted by Gasteiger charge is -2.10. The molecule has 0 saturated carbocycles. The van der Waals surface area contributed by atoms with E-state index >= 15 is 0 Å². The zero-order valence-electron chi connectivity index (χ0n) is 13.6. The number of halogens is 2. The Balaban J connectivity index is 0.00000156. The number of nitrogens with one attached hydrogen (secondary N) is 2. The van der Waals surface area contributed by atoms with Gasteiger partial charge in [-0.1, -0.05) is 12.1 Å². The first-order valence-corrected chi connectivity index (χ1v) is 7.31. The van der Waals surface area contributed by atoms with Gasteiger partial charge >= 0.3 is 0 Å². The van der Waals surface area contributed by atoms with Crippen LogP contribution < -0.4 is 20.9 Å². The molecule has 8 heteroatoms. The average molecular weight is 383 g/mol. The smallest absolute Gasteiger partial charge is 0.262 e. The van der Waals surface area contributed by atoms with E-state index in [9.17, 15) is 4.79 Å². The highest BCUT2D eigenvalue weighted by atomic mass is 35.5. The van der Waals surface area contributed by atoms with Crippen molar-refractivity contribution in [1.29, 1.82) is 0 Å². The Labute approximate surface area is 158 Å². The number of hydrogen-bond donors (Lipinski definition) is 2. The number of benzene rings is 2. The molecule has 25 heavy (non-hydrogen) atoms. The highest BCUT2D eigenvalue weighted by molar-refractivity contribution is 5.85. The van der Waals surface area contributed by atoms with Crippen molar-refractivity contribution in [1.82, 2.24) is 14.9 Å². The van der Waals surface area contributed by atoms with Gasteiger partial charge < -0.3 is 10.1 Å². The van der Waals surface area contributed by atoms with Crippen LogP contribution in [0.4, 0.5) is 5.69 Å². The molecule has 0 amide bonds. The van der Waals surface area contributed by atoms with Crippen LogP contribution in [0.25, 0.3) is 10.9 Å². The maximum Gasteiger partial charge on any atom is 0.262 e. The molecule has 0 atom stereocenters. The molecular weight excluding hydrogens is 363 g/mol. The van der Waals surface area contributed by atoms with Crippen molar-refractivity contribution < 1.29 is 4.74 Å². The van der Waals surface area contributed by atoms with Crippen molar-refractivity contribution in [3.63, 3.8) is 0 Å². The van der Waals surface area contributed by atoms with Crippen LogP contribution in [0.5, 0.6) is 5.75 Å². The van der Waals surface area contributed by atoms with Gasteiger partial charge in [0.2, 0.25) is 0 Å². The molecule has 0 radical (unpaired) electrons. The second kappa shape index (κ2) is 9.88. The number of para-hydroxylation sites is 1. The van der Waals surface area contributed by atoms with E-state index < -0.39 is 0 Å². The number of ether oxygens (including phenoxy) is 1. The molecule has 0 aliphatic carbocycles. The zero-order valence-corrected chi connectivity index (χ0v) is 15.3. The number of fused-ring (bicyclic) bond motifs is 1. The molecule has 1 aromatic heterocycles. The summed E-state index contributed by atoms with van der Waals surface area (Å²) in [6, 6.07) is 15.0. The van der Waals surface area contributed by atoms with E-state index in [2.05, 4.69) is 15.6 Å². The predicted molar refractivity (Wildman–Crippen MR) is 105 cm³/mol. The van der Waals surface area contributed by atoms with Crippen LogP contribution in [0.2, 0.25) is 0 Å². The zero-order chi connectivity index (χ0) is 16.1. The summed E-state index contributed by atoms with van der Waals surface area (Å²) in [4.78, 5) is 16.6. The third-order valence-corrected chi connectivity index (χ3v) is 3.52. The first-order chi connectivity index (χ1) is 11.3. The molecule has 3 rings (SSSR count). The molecule has 2 aromatic carbocycles. The lowest BCUT2D eigenvalue weighted by molar-refractivity contribution is 0.415. The van der Waals surface area contributed by atoms with E-state index in [1.165, 1.54) is 0 Å². The monoisotopic (exact) mass is 382 g/mol. The SMILES string of the molecule is COc1ccc(NCNCn2cnc3ccccc3c2=O)cc1.Cl.Cl. The second-order valence-corrected chi connectivity index (χ2v) is 5.03. The molecule has 0 unspecified atom stereocenters. The number of hydrogen-bond acceptors (Lipinski definition) is 5. The maximum absolute atomic E-state index is 12.3. The highest BCUT2D eigenvalue weighted by Crippen LogP contribution is 2.14. The lowest BCUT2D eigenvalue weighted by Crippen LogP contribution is -2.31. The van der Waals surface area contributed by atoms with Crippen LogP contribution in [0.15, 0.2) is 59.7 Å². The minimum absolute atomic E-state index is 0. The third kappa shape index (κ3) is 5.09. The Hall–Kier alpha value is -2.28. The predicted octanol–water partition coefficient (Wildman–Crippen LogP) is 2.87. The summed E-state index contributed by atoms with van der Waals surface area (Å²) in [5.41, 5.74) is 1.64. The molecule has 1 heterocycles. The minimum Gasteiger partial charge on any atom is -0.497 e. The fraction of sp³-hybridized carbons (Fsp3) is 0.176. The number of methoxy groups -OCH3 is 1. The molecule has 0 bridgehead atoms. The summed E-state index contributed by atoms with van der Waals surface area (Å²) in [7, 11) is 1.64. The summed E-state index contributed by atoms with van der Waals surface area (Å²) in [6.45, 7) is 0.922. The van der Waals surface area contributed by atoms with Gasteiger partial charge in [-0.2, -0.15) is 0 Å². The van der Waals surface area contributed by atoms with Gasteiger partial charge in [0.25, 0.3) is 5.56 Å². The fourth-order valence-electron chi connectivity index (χ4n) is 2.27. The van der Waals surface area contributed by atoms with E-state index in [0.717, 1.165) is 11.4 Å². The van der Waals surface area contributed by atoms with Gasteiger partial charge in [0, 0.05) is 5.69 Å². The number of anilines is 1. The van der Waals surface area contributed by atoms with E-state index in [1.807, 2.05) is 42.5 Å². The van der Waals surface area contributed by atoms with Gasteiger partial charge in [-0.25, -0.2) is 4.98 Å². The number of rotatable bonds is 6. The molecule has 0 spiro atoms. The largest absolute Gasteiger partial charge is 0.497 e. The van der Waals surface area contributed by atoms with Crippen molar-refractivity contribution in [2.45, 2.75) is 6.67 Å². The number of aromatic nitrogens is 2. The molecule has 6 nitrogen and oxygen atoms in total. The summed E-state index contributed by atoms with van der Waals surface area (Å²) < 4.78 is 6.67. The standard InChI is InChI=1S/C17H18N4O2.2ClH/c1-23-14-8-6-13(7-9-14)19-10-18-11-21-12-20-16-5-3-2-4-15(16)17(21)22;;/h2-9,12,18-19H,10-11H2,1H3;2*1H. The Kier molecular flexibility index (Phi) is 8.21. The van der Waals surface area contributed by atoms with E-state index in [0.29, 0.717) is 24.2 Å². The van der Waals surface area contributed by atoms with Crippen LogP contribution in [0.3, 0.4) is 0 Å². The average Bonchev–Trinajstić information content (AvgIpc) is 2.61. The molecule has 134 valence electrons. The van der Waals surface area contributed by atoms with E-state index in [1.54, 1.807) is 24.1 Å². The van der Waals surface area contributed by atoms with E-state index in [4.69, 9.17) is 4.74 Å².